The second-order valence-corrected chi connectivity index (χ2v) is 8.12. The molecule has 3 rings (SSSR count). The molecule has 1 aliphatic heterocycles. The van der Waals surface area contributed by atoms with E-state index in [1.807, 2.05) is 0 Å². The zero-order chi connectivity index (χ0) is 18.7. The number of carbonyl (C=O) groups is 1. The van der Waals surface area contributed by atoms with E-state index in [2.05, 4.69) is 5.32 Å². The number of anilines is 1. The monoisotopic (exact) mass is 378 g/mol. The lowest BCUT2D eigenvalue weighted by Gasteiger charge is -2.26. The van der Waals surface area contributed by atoms with Gasteiger partial charge in [0.1, 0.15) is 10.6 Å². The Morgan fingerprint density at radius 2 is 1.92 bits per heavy atom. The summed E-state index contributed by atoms with van der Waals surface area (Å²) in [6.07, 6.45) is 4.15. The maximum absolute atomic E-state index is 13.0. The van der Waals surface area contributed by atoms with Crippen LogP contribution in [0.1, 0.15) is 35.4 Å². The topological polar surface area (TPSA) is 88.8 Å². The third-order valence-corrected chi connectivity index (χ3v) is 6.34. The highest BCUT2D eigenvalue weighted by molar-refractivity contribution is 7.89. The molecule has 1 aromatic carbocycles. The first-order valence-electron chi connectivity index (χ1n) is 8.47. The lowest BCUT2D eigenvalue weighted by Crippen LogP contribution is -2.35. The molecule has 2 heterocycles. The maximum Gasteiger partial charge on any atom is 0.291 e. The van der Waals surface area contributed by atoms with Crippen LogP contribution in [0.2, 0.25) is 0 Å². The molecular formula is C18H22N2O5S. The number of sulfonamides is 1. The minimum Gasteiger partial charge on any atom is -0.495 e. The summed E-state index contributed by atoms with van der Waals surface area (Å²) in [5, 5.41) is 2.68. The van der Waals surface area contributed by atoms with E-state index in [0.29, 0.717) is 24.3 Å². The van der Waals surface area contributed by atoms with Crippen molar-refractivity contribution in [1.29, 1.82) is 0 Å². The molecule has 0 spiro atoms. The van der Waals surface area contributed by atoms with Crippen molar-refractivity contribution in [2.45, 2.75) is 31.1 Å². The number of benzene rings is 1. The average molecular weight is 378 g/mol. The molecule has 1 aromatic heterocycles. The first-order valence-corrected chi connectivity index (χ1v) is 9.91. The van der Waals surface area contributed by atoms with Crippen LogP contribution in [-0.2, 0) is 10.0 Å². The van der Waals surface area contributed by atoms with Crippen molar-refractivity contribution in [3.8, 4) is 5.75 Å². The summed E-state index contributed by atoms with van der Waals surface area (Å²) in [6.45, 7) is 2.75. The van der Waals surface area contributed by atoms with Gasteiger partial charge in [0.15, 0.2) is 5.76 Å². The van der Waals surface area contributed by atoms with Gasteiger partial charge in [0.2, 0.25) is 10.0 Å². The van der Waals surface area contributed by atoms with Crippen LogP contribution in [-0.4, -0.2) is 38.8 Å². The summed E-state index contributed by atoms with van der Waals surface area (Å²) < 4.78 is 37.9. The number of piperidine rings is 1. The van der Waals surface area contributed by atoms with Gasteiger partial charge in [0.05, 0.1) is 13.4 Å². The molecule has 0 unspecified atom stereocenters. The van der Waals surface area contributed by atoms with Gasteiger partial charge in [-0.2, -0.15) is 4.31 Å². The Labute approximate surface area is 153 Å². The van der Waals surface area contributed by atoms with E-state index < -0.39 is 15.9 Å². The number of hydrogen-bond donors (Lipinski definition) is 1. The highest BCUT2D eigenvalue weighted by atomic mass is 32.2. The Hall–Kier alpha value is -2.32. The number of amides is 1. The van der Waals surface area contributed by atoms with Gasteiger partial charge < -0.3 is 14.5 Å². The standard InChI is InChI=1S/C18H22N2O5S/c1-13-8-11-25-17(13)18(21)19-14-6-7-15(24-2)16(12-14)26(22,23)20-9-4-3-5-10-20/h6-8,11-12H,3-5,9-10H2,1-2H3,(H,19,21). The summed E-state index contributed by atoms with van der Waals surface area (Å²) in [5.41, 5.74) is 1.07. The fourth-order valence-electron chi connectivity index (χ4n) is 2.99. The van der Waals surface area contributed by atoms with E-state index in [0.717, 1.165) is 19.3 Å². The predicted molar refractivity (Wildman–Crippen MR) is 97.0 cm³/mol. The fraction of sp³-hybridized carbons (Fsp3) is 0.389. The number of nitrogens with zero attached hydrogens (tertiary/aromatic N) is 1. The van der Waals surface area contributed by atoms with E-state index in [-0.39, 0.29) is 16.4 Å². The SMILES string of the molecule is COc1ccc(NC(=O)c2occc2C)cc1S(=O)(=O)N1CCCCC1. The molecule has 2 aromatic rings. The van der Waals surface area contributed by atoms with Crippen LogP contribution in [0.25, 0.3) is 0 Å². The van der Waals surface area contributed by atoms with Crippen LogP contribution in [0, 0.1) is 6.92 Å². The molecule has 0 bridgehead atoms. The van der Waals surface area contributed by atoms with Crippen LogP contribution in [0.3, 0.4) is 0 Å². The Balaban J connectivity index is 1.91. The summed E-state index contributed by atoms with van der Waals surface area (Å²) in [7, 11) is -2.27. The Bertz CT molecular complexity index is 898. The Morgan fingerprint density at radius 1 is 1.19 bits per heavy atom. The van der Waals surface area contributed by atoms with E-state index >= 15 is 0 Å². The maximum atomic E-state index is 13.0. The van der Waals surface area contributed by atoms with Crippen LogP contribution < -0.4 is 10.1 Å². The largest absolute Gasteiger partial charge is 0.495 e. The van der Waals surface area contributed by atoms with Gasteiger partial charge >= 0.3 is 0 Å². The predicted octanol–water partition coefficient (Wildman–Crippen LogP) is 3.02. The van der Waals surface area contributed by atoms with Gasteiger partial charge in [-0.1, -0.05) is 6.42 Å². The van der Waals surface area contributed by atoms with Gasteiger partial charge in [0, 0.05) is 24.3 Å². The molecule has 0 saturated carbocycles. The van der Waals surface area contributed by atoms with Crippen LogP contribution >= 0.6 is 0 Å². The first kappa shape index (κ1) is 18.5. The normalized spacial score (nSPS) is 15.6. The lowest BCUT2D eigenvalue weighted by molar-refractivity contribution is 0.0996. The van der Waals surface area contributed by atoms with Crippen LogP contribution in [0.5, 0.6) is 5.75 Å². The highest BCUT2D eigenvalue weighted by Gasteiger charge is 2.29. The number of hydrogen-bond acceptors (Lipinski definition) is 5. The van der Waals surface area contributed by atoms with E-state index in [4.69, 9.17) is 9.15 Å². The molecule has 0 atom stereocenters. The van der Waals surface area contributed by atoms with Crippen molar-refractivity contribution < 1.29 is 22.4 Å². The minimum absolute atomic E-state index is 0.0517. The molecule has 1 fully saturated rings. The molecule has 140 valence electrons. The van der Waals surface area contributed by atoms with Crippen LogP contribution in [0.15, 0.2) is 39.8 Å². The Kier molecular flexibility index (Phi) is 5.33. The Morgan fingerprint density at radius 3 is 2.54 bits per heavy atom. The van der Waals surface area contributed by atoms with Gasteiger partial charge in [-0.25, -0.2) is 8.42 Å². The average Bonchev–Trinajstić information content (AvgIpc) is 3.08. The number of ether oxygens (including phenoxy) is 1. The van der Waals surface area contributed by atoms with Crippen molar-refractivity contribution in [2.75, 3.05) is 25.5 Å². The fourth-order valence-corrected chi connectivity index (χ4v) is 4.69. The van der Waals surface area contributed by atoms with E-state index in [9.17, 15) is 13.2 Å². The van der Waals surface area contributed by atoms with Crippen LogP contribution in [0.4, 0.5) is 5.69 Å². The second-order valence-electron chi connectivity index (χ2n) is 6.22. The number of carbonyl (C=O) groups excluding carboxylic acids is 1. The third kappa shape index (κ3) is 3.61. The number of furan rings is 1. The molecule has 0 aliphatic carbocycles. The number of methoxy groups -OCH3 is 1. The molecule has 26 heavy (non-hydrogen) atoms. The first-order chi connectivity index (χ1) is 12.4. The van der Waals surface area contributed by atoms with Crippen molar-refractivity contribution in [2.24, 2.45) is 0 Å². The molecule has 1 saturated heterocycles. The van der Waals surface area contributed by atoms with Gasteiger partial charge in [-0.15, -0.1) is 0 Å². The lowest BCUT2D eigenvalue weighted by atomic mass is 10.2. The molecular weight excluding hydrogens is 356 g/mol. The van der Waals surface area contributed by atoms with Gasteiger partial charge in [-0.3, -0.25) is 4.79 Å². The highest BCUT2D eigenvalue weighted by Crippen LogP contribution is 2.31. The molecule has 1 N–H and O–H groups in total. The second kappa shape index (κ2) is 7.51. The van der Waals surface area contributed by atoms with E-state index in [1.54, 1.807) is 25.1 Å². The van der Waals surface area contributed by atoms with Gasteiger partial charge in [-0.05, 0) is 44.0 Å². The van der Waals surface area contributed by atoms with Crippen molar-refractivity contribution in [1.82, 2.24) is 4.31 Å². The van der Waals surface area contributed by atoms with Gasteiger partial charge in [0.25, 0.3) is 5.91 Å². The molecule has 0 radical (unpaired) electrons. The smallest absolute Gasteiger partial charge is 0.291 e. The molecule has 8 heteroatoms. The number of rotatable bonds is 5. The quantitative estimate of drug-likeness (QED) is 0.864. The zero-order valence-corrected chi connectivity index (χ0v) is 15.6. The molecule has 1 aliphatic rings. The van der Waals surface area contributed by atoms with E-state index in [1.165, 1.54) is 23.7 Å². The summed E-state index contributed by atoms with van der Waals surface area (Å²) in [4.78, 5) is 12.4. The zero-order valence-electron chi connectivity index (χ0n) is 14.8. The minimum atomic E-state index is -3.69. The van der Waals surface area contributed by atoms with Crippen molar-refractivity contribution >= 4 is 21.6 Å². The molecule has 7 nitrogen and oxygen atoms in total. The third-order valence-electron chi connectivity index (χ3n) is 4.42. The van der Waals surface area contributed by atoms with Crippen molar-refractivity contribution in [3.05, 3.63) is 41.9 Å². The number of nitrogens with one attached hydrogen (secondary N) is 1. The summed E-state index contributed by atoms with van der Waals surface area (Å²) in [5.74, 6) is 0.0167. The summed E-state index contributed by atoms with van der Waals surface area (Å²) >= 11 is 0. The van der Waals surface area contributed by atoms with Crippen molar-refractivity contribution in [3.63, 3.8) is 0 Å². The summed E-state index contributed by atoms with van der Waals surface area (Å²) in [6, 6.07) is 6.26. The number of aryl methyl sites for hydroxylation is 1. The molecule has 1 amide bonds.